The lowest BCUT2D eigenvalue weighted by atomic mass is 9.97. The van der Waals surface area contributed by atoms with Crippen molar-refractivity contribution in [2.45, 2.75) is 38.5 Å². The molecule has 0 radical (unpaired) electrons. The maximum absolute atomic E-state index is 12.7. The van der Waals surface area contributed by atoms with E-state index in [-0.39, 0.29) is 42.9 Å². The van der Waals surface area contributed by atoms with Crippen molar-refractivity contribution in [3.8, 4) is 0 Å². The number of alkyl halides is 3. The molecule has 3 amide bonds. The first-order chi connectivity index (χ1) is 13.1. The number of rotatable bonds is 3. The van der Waals surface area contributed by atoms with Gasteiger partial charge < -0.3 is 15.1 Å². The average molecular weight is 397 g/mol. The number of benzene rings is 1. The summed E-state index contributed by atoms with van der Waals surface area (Å²) in [6.07, 6.45) is -3.93. The summed E-state index contributed by atoms with van der Waals surface area (Å²) in [5.74, 6) is -0.679. The second-order valence-corrected chi connectivity index (χ2v) is 7.56. The Balaban J connectivity index is 1.70. The van der Waals surface area contributed by atoms with Crippen LogP contribution in [0.5, 0.6) is 0 Å². The predicted molar refractivity (Wildman–Crippen MR) is 94.2 cm³/mol. The number of amides is 3. The van der Waals surface area contributed by atoms with Gasteiger partial charge in [-0.3, -0.25) is 14.4 Å². The lowest BCUT2D eigenvalue weighted by Gasteiger charge is -2.45. The minimum atomic E-state index is -4.47. The van der Waals surface area contributed by atoms with Crippen molar-refractivity contribution in [1.29, 1.82) is 0 Å². The molecule has 2 heterocycles. The van der Waals surface area contributed by atoms with Crippen LogP contribution >= 0.6 is 0 Å². The molecule has 152 valence electrons. The van der Waals surface area contributed by atoms with Gasteiger partial charge in [0.15, 0.2) is 0 Å². The number of fused-ring (bicyclic) bond motifs is 1. The largest absolute Gasteiger partial charge is 0.416 e. The van der Waals surface area contributed by atoms with Gasteiger partial charge in [-0.2, -0.15) is 13.2 Å². The van der Waals surface area contributed by atoms with Gasteiger partial charge in [0.2, 0.25) is 11.8 Å². The van der Waals surface area contributed by atoms with Gasteiger partial charge >= 0.3 is 6.18 Å². The van der Waals surface area contributed by atoms with Gasteiger partial charge in [0.1, 0.15) is 12.1 Å². The highest BCUT2D eigenvalue weighted by Gasteiger charge is 2.44. The molecule has 0 unspecified atom stereocenters. The molecule has 28 heavy (non-hydrogen) atoms. The molecule has 0 aromatic heterocycles. The summed E-state index contributed by atoms with van der Waals surface area (Å²) in [5, 5.41) is 2.73. The number of hydrogen-bond donors (Lipinski definition) is 1. The molecule has 2 atom stereocenters. The Labute approximate surface area is 160 Å². The molecule has 0 saturated carbocycles. The van der Waals surface area contributed by atoms with Gasteiger partial charge in [0.05, 0.1) is 12.1 Å². The summed E-state index contributed by atoms with van der Waals surface area (Å²) in [6, 6.07) is 2.64. The van der Waals surface area contributed by atoms with Crippen LogP contribution in [0.4, 0.5) is 13.2 Å². The zero-order chi connectivity index (χ0) is 20.6. The molecule has 0 spiro atoms. The predicted octanol–water partition coefficient (Wildman–Crippen LogP) is 1.90. The molecule has 0 bridgehead atoms. The minimum absolute atomic E-state index is 0.0197. The Kier molecular flexibility index (Phi) is 5.36. The molecule has 1 aromatic carbocycles. The van der Waals surface area contributed by atoms with Crippen LogP contribution in [0.15, 0.2) is 24.3 Å². The van der Waals surface area contributed by atoms with Gasteiger partial charge in [0, 0.05) is 18.7 Å². The molecule has 9 heteroatoms. The Morgan fingerprint density at radius 3 is 2.39 bits per heavy atom. The molecule has 2 fully saturated rings. The molecule has 2 saturated heterocycles. The van der Waals surface area contributed by atoms with Crippen molar-refractivity contribution in [1.82, 2.24) is 15.1 Å². The minimum Gasteiger partial charge on any atom is -0.342 e. The molecule has 3 rings (SSSR count). The number of nitrogens with one attached hydrogen (secondary N) is 1. The normalized spacial score (nSPS) is 22.9. The number of carbonyl (C=O) groups is 3. The van der Waals surface area contributed by atoms with Crippen LogP contribution in [0.1, 0.15) is 36.2 Å². The zero-order valence-electron chi connectivity index (χ0n) is 15.6. The van der Waals surface area contributed by atoms with E-state index in [0.29, 0.717) is 6.42 Å². The highest BCUT2D eigenvalue weighted by atomic mass is 19.4. The second-order valence-electron chi connectivity index (χ2n) is 7.56. The maximum Gasteiger partial charge on any atom is 0.416 e. The molecule has 1 aromatic rings. The van der Waals surface area contributed by atoms with Crippen molar-refractivity contribution < 1.29 is 27.6 Å². The Hall–Kier alpha value is -2.58. The van der Waals surface area contributed by atoms with E-state index in [1.165, 1.54) is 9.80 Å². The van der Waals surface area contributed by atoms with Crippen LogP contribution in [0.2, 0.25) is 0 Å². The first-order valence-corrected chi connectivity index (χ1v) is 9.15. The average Bonchev–Trinajstić information content (AvgIpc) is 2.64. The molecular formula is C19H22F3N3O3. The van der Waals surface area contributed by atoms with Crippen molar-refractivity contribution in [3.63, 3.8) is 0 Å². The van der Waals surface area contributed by atoms with Gasteiger partial charge in [-0.15, -0.1) is 0 Å². The summed E-state index contributed by atoms with van der Waals surface area (Å²) in [5.41, 5.74) is -0.719. The third-order valence-corrected chi connectivity index (χ3v) is 5.03. The van der Waals surface area contributed by atoms with Crippen LogP contribution in [-0.4, -0.2) is 59.2 Å². The van der Waals surface area contributed by atoms with E-state index in [1.54, 1.807) is 0 Å². The smallest absolute Gasteiger partial charge is 0.342 e. The summed E-state index contributed by atoms with van der Waals surface area (Å²) in [4.78, 5) is 40.6. The molecular weight excluding hydrogens is 375 g/mol. The van der Waals surface area contributed by atoms with Gasteiger partial charge in [-0.25, -0.2) is 0 Å². The number of halogens is 3. The zero-order valence-corrected chi connectivity index (χ0v) is 15.6. The summed E-state index contributed by atoms with van der Waals surface area (Å²) >= 11 is 0. The first-order valence-electron chi connectivity index (χ1n) is 9.15. The Bertz CT molecular complexity index is 777. The summed E-state index contributed by atoms with van der Waals surface area (Å²) < 4.78 is 38.0. The van der Waals surface area contributed by atoms with Crippen LogP contribution in [-0.2, 0) is 15.8 Å². The quantitative estimate of drug-likeness (QED) is 0.847. The van der Waals surface area contributed by atoms with Gasteiger partial charge in [0.25, 0.3) is 5.91 Å². The molecule has 1 N–H and O–H groups in total. The van der Waals surface area contributed by atoms with Crippen LogP contribution in [0.25, 0.3) is 0 Å². The van der Waals surface area contributed by atoms with E-state index in [0.717, 1.165) is 24.3 Å². The number of carbonyl (C=O) groups excluding carboxylic acids is 3. The maximum atomic E-state index is 12.7. The van der Waals surface area contributed by atoms with E-state index in [9.17, 15) is 27.6 Å². The van der Waals surface area contributed by atoms with Gasteiger partial charge in [-0.1, -0.05) is 13.8 Å². The SMILES string of the molecule is CC(C)C[C@H]1NC(=O)[C@H]2CN(C(=O)c3ccc(C(F)(F)F)cc3)CCN2C1=O. The van der Waals surface area contributed by atoms with E-state index in [4.69, 9.17) is 0 Å². The van der Waals surface area contributed by atoms with E-state index in [1.807, 2.05) is 13.8 Å². The number of nitrogens with zero attached hydrogens (tertiary/aromatic N) is 2. The highest BCUT2D eigenvalue weighted by Crippen LogP contribution is 2.29. The van der Waals surface area contributed by atoms with Gasteiger partial charge in [-0.05, 0) is 36.6 Å². The van der Waals surface area contributed by atoms with Crippen LogP contribution in [0, 0.1) is 5.92 Å². The fourth-order valence-electron chi connectivity index (χ4n) is 3.60. The third kappa shape index (κ3) is 3.98. The van der Waals surface area contributed by atoms with E-state index >= 15 is 0 Å². The van der Waals surface area contributed by atoms with E-state index < -0.39 is 29.7 Å². The standard InChI is InChI=1S/C19H22F3N3O3/c1-11(2)9-14-18(28)25-8-7-24(10-15(25)16(26)23-14)17(27)12-3-5-13(6-4-12)19(20,21)22/h3-6,11,14-15H,7-10H2,1-2H3,(H,23,26)/t14-,15-/m1/s1. The lowest BCUT2D eigenvalue weighted by molar-refractivity contribution is -0.152. The first kappa shape index (κ1) is 20.2. The topological polar surface area (TPSA) is 69.7 Å². The molecule has 2 aliphatic heterocycles. The lowest BCUT2D eigenvalue weighted by Crippen LogP contribution is -2.69. The third-order valence-electron chi connectivity index (χ3n) is 5.03. The summed E-state index contributed by atoms with van der Waals surface area (Å²) in [6.45, 7) is 4.39. The highest BCUT2D eigenvalue weighted by molar-refractivity contribution is 5.99. The second kappa shape index (κ2) is 7.44. The Morgan fingerprint density at radius 1 is 1.18 bits per heavy atom. The van der Waals surface area contributed by atoms with Crippen molar-refractivity contribution >= 4 is 17.7 Å². The molecule has 6 nitrogen and oxygen atoms in total. The fourth-order valence-corrected chi connectivity index (χ4v) is 3.60. The number of piperazine rings is 2. The van der Waals surface area contributed by atoms with Crippen molar-refractivity contribution in [3.05, 3.63) is 35.4 Å². The monoisotopic (exact) mass is 397 g/mol. The molecule has 0 aliphatic carbocycles. The Morgan fingerprint density at radius 2 is 1.82 bits per heavy atom. The summed E-state index contributed by atoms with van der Waals surface area (Å²) in [7, 11) is 0. The van der Waals surface area contributed by atoms with Crippen LogP contribution in [0.3, 0.4) is 0 Å². The van der Waals surface area contributed by atoms with Crippen molar-refractivity contribution in [2.24, 2.45) is 5.92 Å². The van der Waals surface area contributed by atoms with Crippen LogP contribution < -0.4 is 5.32 Å². The van der Waals surface area contributed by atoms with Crippen molar-refractivity contribution in [2.75, 3.05) is 19.6 Å². The number of hydrogen-bond acceptors (Lipinski definition) is 3. The fraction of sp³-hybridized carbons (Fsp3) is 0.526. The molecule has 2 aliphatic rings. The van der Waals surface area contributed by atoms with E-state index in [2.05, 4.69) is 5.32 Å².